The number of hydrogen-bond acceptors (Lipinski definition) is 7. The third-order valence-corrected chi connectivity index (χ3v) is 6.36. The van der Waals surface area contributed by atoms with Crippen LogP contribution in [0.25, 0.3) is 22.8 Å². The molecule has 39 heavy (non-hydrogen) atoms. The zero-order valence-corrected chi connectivity index (χ0v) is 22.7. The van der Waals surface area contributed by atoms with E-state index in [-0.39, 0.29) is 24.2 Å². The molecule has 1 heterocycles. The van der Waals surface area contributed by atoms with E-state index in [1.165, 1.54) is 0 Å². The molecule has 1 unspecified atom stereocenters. The van der Waals surface area contributed by atoms with Crippen LogP contribution >= 0.6 is 0 Å². The number of rotatable bonds is 13. The number of carbonyl (C=O) groups excluding carboxylic acids is 2. The molecule has 4 aromatic rings. The molecule has 1 N–H and O–H groups in total. The lowest BCUT2D eigenvalue weighted by Crippen LogP contribution is -2.13. The molecule has 0 aliphatic rings. The van der Waals surface area contributed by atoms with Crippen molar-refractivity contribution in [3.63, 3.8) is 0 Å². The zero-order chi connectivity index (χ0) is 27.6. The van der Waals surface area contributed by atoms with E-state index in [9.17, 15) is 9.59 Å². The van der Waals surface area contributed by atoms with Gasteiger partial charge in [-0.05, 0) is 67.6 Å². The molecule has 4 rings (SSSR count). The van der Waals surface area contributed by atoms with Gasteiger partial charge >= 0.3 is 5.97 Å². The number of nitrogens with zero attached hydrogens (tertiary/aromatic N) is 2. The van der Waals surface area contributed by atoms with Crippen LogP contribution in [-0.2, 0) is 9.53 Å². The smallest absolute Gasteiger partial charge is 0.305 e. The van der Waals surface area contributed by atoms with Gasteiger partial charge in [-0.25, -0.2) is 0 Å². The Morgan fingerprint density at radius 2 is 1.62 bits per heavy atom. The van der Waals surface area contributed by atoms with Crippen molar-refractivity contribution >= 4 is 17.4 Å². The minimum Gasteiger partial charge on any atom is -0.466 e. The van der Waals surface area contributed by atoms with E-state index in [1.807, 2.05) is 66.7 Å². The summed E-state index contributed by atoms with van der Waals surface area (Å²) in [6.07, 6.45) is 2.01. The van der Waals surface area contributed by atoms with E-state index in [4.69, 9.17) is 9.26 Å². The number of ketones is 1. The molecule has 202 valence electrons. The molecular weight excluding hydrogens is 490 g/mol. The van der Waals surface area contributed by atoms with Crippen molar-refractivity contribution in [3.8, 4) is 22.8 Å². The summed E-state index contributed by atoms with van der Waals surface area (Å²) in [5, 5.41) is 7.79. The second kappa shape index (κ2) is 13.5. The van der Waals surface area contributed by atoms with Crippen LogP contribution < -0.4 is 5.32 Å². The van der Waals surface area contributed by atoms with Gasteiger partial charge in [0.25, 0.3) is 5.89 Å². The molecule has 0 radical (unpaired) electrons. The van der Waals surface area contributed by atoms with Gasteiger partial charge in [0.2, 0.25) is 5.82 Å². The van der Waals surface area contributed by atoms with Gasteiger partial charge in [-0.15, -0.1) is 0 Å². The lowest BCUT2D eigenvalue weighted by molar-refractivity contribution is -0.143. The summed E-state index contributed by atoms with van der Waals surface area (Å²) in [7, 11) is 0. The average Bonchev–Trinajstić information content (AvgIpc) is 3.44. The topological polar surface area (TPSA) is 94.3 Å². The van der Waals surface area contributed by atoms with Crippen molar-refractivity contribution in [2.24, 2.45) is 5.92 Å². The SMILES string of the molecule is CCOC(=O)CCCC(=O)c1ccc(NC(CC(C)C)c2ccc(-c3noc(-c4ccccc4)n3)cc2)cc1. The van der Waals surface area contributed by atoms with Gasteiger partial charge in [0.1, 0.15) is 0 Å². The van der Waals surface area contributed by atoms with Gasteiger partial charge in [-0.3, -0.25) is 9.59 Å². The third kappa shape index (κ3) is 7.87. The molecule has 0 saturated heterocycles. The maximum absolute atomic E-state index is 12.5. The first-order valence-corrected chi connectivity index (χ1v) is 13.5. The summed E-state index contributed by atoms with van der Waals surface area (Å²) < 4.78 is 10.4. The highest BCUT2D eigenvalue weighted by molar-refractivity contribution is 5.96. The molecule has 1 atom stereocenters. The molecule has 0 amide bonds. The Hall–Kier alpha value is -4.26. The standard InChI is InChI=1S/C32H35N3O4/c1-4-38-30(37)12-8-11-29(36)24-17-19-27(20-18-24)33-28(21-22(2)3)23-13-15-25(16-14-23)31-34-32(39-35-31)26-9-6-5-7-10-26/h5-7,9-10,13-20,22,28,33H,4,8,11-12,21H2,1-3H3. The van der Waals surface area contributed by atoms with Crippen molar-refractivity contribution in [1.82, 2.24) is 10.1 Å². The van der Waals surface area contributed by atoms with Crippen LogP contribution in [0.5, 0.6) is 0 Å². The molecule has 0 aliphatic carbocycles. The summed E-state index contributed by atoms with van der Waals surface area (Å²) in [5.74, 6) is 1.29. The Bertz CT molecular complexity index is 1350. The average molecular weight is 526 g/mol. The number of Topliss-reactive ketones (excluding diaryl/α,β-unsaturated/α-hetero) is 1. The summed E-state index contributed by atoms with van der Waals surface area (Å²) in [6.45, 7) is 6.53. The predicted molar refractivity (Wildman–Crippen MR) is 152 cm³/mol. The largest absolute Gasteiger partial charge is 0.466 e. The highest BCUT2D eigenvalue weighted by Gasteiger charge is 2.16. The first kappa shape index (κ1) is 27.8. The molecule has 0 spiro atoms. The summed E-state index contributed by atoms with van der Waals surface area (Å²) >= 11 is 0. The van der Waals surface area contributed by atoms with Crippen molar-refractivity contribution < 1.29 is 18.8 Å². The number of nitrogens with one attached hydrogen (secondary N) is 1. The molecule has 7 nitrogen and oxygen atoms in total. The number of ether oxygens (including phenoxy) is 1. The van der Waals surface area contributed by atoms with Gasteiger partial charge in [-0.1, -0.05) is 61.5 Å². The molecule has 0 saturated carbocycles. The molecular formula is C32H35N3O4. The number of carbonyl (C=O) groups is 2. The van der Waals surface area contributed by atoms with Crippen LogP contribution in [0.1, 0.15) is 68.4 Å². The predicted octanol–water partition coefficient (Wildman–Crippen LogP) is 7.52. The molecule has 7 heteroatoms. The maximum atomic E-state index is 12.5. The van der Waals surface area contributed by atoms with E-state index >= 15 is 0 Å². The number of esters is 1. The number of anilines is 1. The minimum atomic E-state index is -0.261. The lowest BCUT2D eigenvalue weighted by atomic mass is 9.95. The Balaban J connectivity index is 1.40. The quantitative estimate of drug-likeness (QED) is 0.142. The Morgan fingerprint density at radius 1 is 0.897 bits per heavy atom. The second-order valence-electron chi connectivity index (χ2n) is 9.90. The van der Waals surface area contributed by atoms with Crippen molar-refractivity contribution in [1.29, 1.82) is 0 Å². The highest BCUT2D eigenvalue weighted by atomic mass is 16.5. The number of aromatic nitrogens is 2. The first-order valence-electron chi connectivity index (χ1n) is 13.5. The highest BCUT2D eigenvalue weighted by Crippen LogP contribution is 2.29. The fraction of sp³-hybridized carbons (Fsp3) is 0.312. The van der Waals surface area contributed by atoms with E-state index < -0.39 is 0 Å². The van der Waals surface area contributed by atoms with Gasteiger partial charge < -0.3 is 14.6 Å². The van der Waals surface area contributed by atoms with Crippen molar-refractivity contribution in [2.75, 3.05) is 11.9 Å². The summed E-state index contributed by atoms with van der Waals surface area (Å²) in [6, 6.07) is 25.6. The van der Waals surface area contributed by atoms with Crippen molar-refractivity contribution in [3.05, 3.63) is 90.0 Å². The first-order chi connectivity index (χ1) is 18.9. The minimum absolute atomic E-state index is 0.0251. The summed E-state index contributed by atoms with van der Waals surface area (Å²) in [4.78, 5) is 28.6. The van der Waals surface area contributed by atoms with Crippen LogP contribution in [0.2, 0.25) is 0 Å². The van der Waals surface area contributed by atoms with Crippen LogP contribution in [-0.4, -0.2) is 28.5 Å². The van der Waals surface area contributed by atoms with Crippen LogP contribution in [0.3, 0.4) is 0 Å². The van der Waals surface area contributed by atoms with Crippen LogP contribution in [0.4, 0.5) is 5.69 Å². The van der Waals surface area contributed by atoms with Crippen LogP contribution in [0, 0.1) is 5.92 Å². The maximum Gasteiger partial charge on any atom is 0.305 e. The van der Waals surface area contributed by atoms with Gasteiger partial charge in [0.15, 0.2) is 5.78 Å². The van der Waals surface area contributed by atoms with E-state index in [1.54, 1.807) is 6.92 Å². The van der Waals surface area contributed by atoms with Crippen LogP contribution in [0.15, 0.2) is 83.4 Å². The van der Waals surface area contributed by atoms with Gasteiger partial charge in [-0.2, -0.15) is 4.98 Å². The number of benzene rings is 3. The molecule has 0 fully saturated rings. The molecule has 0 aliphatic heterocycles. The monoisotopic (exact) mass is 525 g/mol. The number of hydrogen-bond donors (Lipinski definition) is 1. The van der Waals surface area contributed by atoms with E-state index in [0.29, 0.717) is 42.6 Å². The molecule has 3 aromatic carbocycles. The second-order valence-corrected chi connectivity index (χ2v) is 9.90. The summed E-state index contributed by atoms with van der Waals surface area (Å²) in [5.41, 5.74) is 4.51. The fourth-order valence-corrected chi connectivity index (χ4v) is 4.38. The zero-order valence-electron chi connectivity index (χ0n) is 22.7. The van der Waals surface area contributed by atoms with Crippen molar-refractivity contribution in [2.45, 2.75) is 52.5 Å². The van der Waals surface area contributed by atoms with Gasteiger partial charge in [0, 0.05) is 35.2 Å². The normalized spacial score (nSPS) is 11.8. The lowest BCUT2D eigenvalue weighted by Gasteiger charge is -2.22. The third-order valence-electron chi connectivity index (χ3n) is 6.36. The fourth-order valence-electron chi connectivity index (χ4n) is 4.38. The molecule has 1 aromatic heterocycles. The van der Waals surface area contributed by atoms with E-state index in [0.717, 1.165) is 28.8 Å². The van der Waals surface area contributed by atoms with E-state index in [2.05, 4.69) is 41.4 Å². The Labute approximate surface area is 229 Å². The van der Waals surface area contributed by atoms with Gasteiger partial charge in [0.05, 0.1) is 12.6 Å². The Kier molecular flexibility index (Phi) is 9.62. The Morgan fingerprint density at radius 3 is 2.28 bits per heavy atom. The molecule has 0 bridgehead atoms.